The van der Waals surface area contributed by atoms with Crippen LogP contribution < -0.4 is 14.9 Å². The number of ether oxygens (including phenoxy) is 2. The van der Waals surface area contributed by atoms with Crippen molar-refractivity contribution in [3.8, 4) is 11.5 Å². The average molecular weight is 515 g/mol. The molecule has 3 aromatic rings. The third-order valence-electron chi connectivity index (χ3n) is 4.06. The second kappa shape index (κ2) is 10.0. The van der Waals surface area contributed by atoms with E-state index >= 15 is 0 Å². The van der Waals surface area contributed by atoms with E-state index in [4.69, 9.17) is 21.1 Å². The van der Waals surface area contributed by atoms with Gasteiger partial charge in [0, 0.05) is 21.3 Å². The van der Waals surface area contributed by atoms with E-state index in [-0.39, 0.29) is 5.82 Å². The van der Waals surface area contributed by atoms with Crippen molar-refractivity contribution in [3.05, 3.63) is 80.9 Å². The molecule has 0 aliphatic heterocycles. The molecule has 5 nitrogen and oxygen atoms in total. The first-order chi connectivity index (χ1) is 14.8. The van der Waals surface area contributed by atoms with Gasteiger partial charge in [-0.3, -0.25) is 5.43 Å². The van der Waals surface area contributed by atoms with Crippen LogP contribution in [0.2, 0.25) is 5.02 Å². The van der Waals surface area contributed by atoms with Crippen molar-refractivity contribution in [1.29, 1.82) is 0 Å². The Bertz CT molecular complexity index is 1060. The molecule has 2 aromatic carbocycles. The molecule has 0 saturated carbocycles. The Morgan fingerprint density at radius 1 is 1.13 bits per heavy atom. The van der Waals surface area contributed by atoms with E-state index < -0.39 is 11.7 Å². The van der Waals surface area contributed by atoms with Crippen LogP contribution in [0.25, 0.3) is 0 Å². The fourth-order valence-electron chi connectivity index (χ4n) is 2.46. The Balaban J connectivity index is 1.68. The number of anilines is 1. The lowest BCUT2D eigenvalue weighted by Gasteiger charge is -2.13. The van der Waals surface area contributed by atoms with Crippen LogP contribution in [-0.4, -0.2) is 18.3 Å². The molecule has 3 rings (SSSR count). The Hall–Kier alpha value is -2.78. The number of aromatic nitrogens is 1. The molecule has 1 N–H and O–H groups in total. The maximum Gasteiger partial charge on any atom is 0.417 e. The second-order valence-corrected chi connectivity index (χ2v) is 7.53. The van der Waals surface area contributed by atoms with Gasteiger partial charge in [-0.2, -0.15) is 18.3 Å². The number of nitrogens with one attached hydrogen (secondary N) is 1. The Labute approximate surface area is 190 Å². The summed E-state index contributed by atoms with van der Waals surface area (Å²) in [6.45, 7) is 0.328. The summed E-state index contributed by atoms with van der Waals surface area (Å²) in [5, 5.41) is 4.66. The summed E-state index contributed by atoms with van der Waals surface area (Å²) in [5.74, 6) is 1.19. The van der Waals surface area contributed by atoms with Gasteiger partial charge >= 0.3 is 6.18 Å². The highest BCUT2D eigenvalue weighted by molar-refractivity contribution is 9.10. The number of rotatable bonds is 7. The van der Waals surface area contributed by atoms with Crippen molar-refractivity contribution >= 4 is 39.6 Å². The quantitative estimate of drug-likeness (QED) is 0.287. The van der Waals surface area contributed by atoms with Crippen molar-refractivity contribution in [2.75, 3.05) is 12.5 Å². The maximum absolute atomic E-state index is 12.6. The predicted octanol–water partition coefficient (Wildman–Crippen LogP) is 6.55. The zero-order valence-electron chi connectivity index (χ0n) is 16.1. The first-order valence-corrected chi connectivity index (χ1v) is 10.0. The minimum atomic E-state index is -4.44. The summed E-state index contributed by atoms with van der Waals surface area (Å²) < 4.78 is 49.7. The number of hydrogen-bond donors (Lipinski definition) is 1. The van der Waals surface area contributed by atoms with E-state index in [0.717, 1.165) is 17.8 Å². The Morgan fingerprint density at radius 2 is 1.87 bits per heavy atom. The van der Waals surface area contributed by atoms with E-state index in [2.05, 4.69) is 31.4 Å². The molecule has 31 heavy (non-hydrogen) atoms. The van der Waals surface area contributed by atoms with E-state index in [1.807, 2.05) is 12.1 Å². The predicted molar refractivity (Wildman–Crippen MR) is 117 cm³/mol. The lowest BCUT2D eigenvalue weighted by molar-refractivity contribution is -0.137. The average Bonchev–Trinajstić information content (AvgIpc) is 2.74. The molecule has 10 heteroatoms. The molecule has 0 unspecified atom stereocenters. The highest BCUT2D eigenvalue weighted by atomic mass is 79.9. The zero-order chi connectivity index (χ0) is 22.4. The molecule has 0 bridgehead atoms. The molecule has 162 valence electrons. The van der Waals surface area contributed by atoms with Gasteiger partial charge in [0.2, 0.25) is 0 Å². The lowest BCUT2D eigenvalue weighted by Crippen LogP contribution is -2.05. The summed E-state index contributed by atoms with van der Waals surface area (Å²) in [6, 6.07) is 12.9. The molecule has 0 fully saturated rings. The maximum atomic E-state index is 12.6. The Morgan fingerprint density at radius 3 is 2.48 bits per heavy atom. The smallest absolute Gasteiger partial charge is 0.417 e. The molecule has 0 aliphatic carbocycles. The summed E-state index contributed by atoms with van der Waals surface area (Å²) in [5.41, 5.74) is 3.37. The number of nitrogens with zero attached hydrogens (tertiary/aromatic N) is 2. The van der Waals surface area contributed by atoms with E-state index in [1.54, 1.807) is 24.3 Å². The third kappa shape index (κ3) is 6.35. The molecule has 0 radical (unpaired) electrons. The molecular weight excluding hydrogens is 499 g/mol. The molecule has 0 spiro atoms. The fourth-order valence-corrected chi connectivity index (χ4v) is 3.01. The van der Waals surface area contributed by atoms with Crippen LogP contribution in [0.4, 0.5) is 19.0 Å². The Kier molecular flexibility index (Phi) is 7.40. The normalized spacial score (nSPS) is 11.5. The summed E-state index contributed by atoms with van der Waals surface area (Å²) in [7, 11) is 1.52. The van der Waals surface area contributed by atoms with Gasteiger partial charge in [-0.1, -0.05) is 23.7 Å². The third-order valence-corrected chi connectivity index (χ3v) is 5.00. The number of methoxy groups -OCH3 is 1. The first kappa shape index (κ1) is 22.9. The van der Waals surface area contributed by atoms with Crippen LogP contribution in [-0.2, 0) is 12.8 Å². The van der Waals surface area contributed by atoms with Gasteiger partial charge in [-0.15, -0.1) is 0 Å². The van der Waals surface area contributed by atoms with Gasteiger partial charge in [0.15, 0.2) is 11.5 Å². The van der Waals surface area contributed by atoms with Gasteiger partial charge in [0.25, 0.3) is 0 Å². The highest BCUT2D eigenvalue weighted by Crippen LogP contribution is 2.33. The number of pyridine rings is 1. The van der Waals surface area contributed by atoms with Crippen molar-refractivity contribution in [2.45, 2.75) is 12.8 Å². The van der Waals surface area contributed by atoms with Crippen molar-refractivity contribution in [3.63, 3.8) is 0 Å². The van der Waals surface area contributed by atoms with Gasteiger partial charge < -0.3 is 9.47 Å². The molecule has 0 aliphatic rings. The fraction of sp³-hybridized carbons (Fsp3) is 0.143. The minimum Gasteiger partial charge on any atom is -0.493 e. The highest BCUT2D eigenvalue weighted by Gasteiger charge is 2.30. The van der Waals surface area contributed by atoms with E-state index in [0.29, 0.717) is 33.2 Å². The molecule has 0 amide bonds. The number of hydrazone groups is 1. The summed E-state index contributed by atoms with van der Waals surface area (Å²) >= 11 is 9.34. The van der Waals surface area contributed by atoms with Crippen LogP contribution in [0.15, 0.2) is 64.3 Å². The number of alkyl halides is 3. The molecule has 0 atom stereocenters. The van der Waals surface area contributed by atoms with Gasteiger partial charge in [0.1, 0.15) is 12.4 Å². The van der Waals surface area contributed by atoms with Crippen LogP contribution >= 0.6 is 27.5 Å². The minimum absolute atomic E-state index is 0.176. The van der Waals surface area contributed by atoms with Gasteiger partial charge in [0.05, 0.1) is 18.9 Å². The van der Waals surface area contributed by atoms with Crippen molar-refractivity contribution in [1.82, 2.24) is 4.98 Å². The van der Waals surface area contributed by atoms with Crippen LogP contribution in [0.3, 0.4) is 0 Å². The second-order valence-electron chi connectivity index (χ2n) is 6.24. The van der Waals surface area contributed by atoms with Crippen LogP contribution in [0, 0.1) is 0 Å². The van der Waals surface area contributed by atoms with Crippen LogP contribution in [0.1, 0.15) is 16.7 Å². The monoisotopic (exact) mass is 513 g/mol. The van der Waals surface area contributed by atoms with Gasteiger partial charge in [-0.25, -0.2) is 4.98 Å². The zero-order valence-corrected chi connectivity index (χ0v) is 18.4. The van der Waals surface area contributed by atoms with Crippen LogP contribution in [0.5, 0.6) is 11.5 Å². The summed E-state index contributed by atoms with van der Waals surface area (Å²) in [6.07, 6.45) is -2.22. The topological polar surface area (TPSA) is 55.7 Å². The molecule has 1 heterocycles. The summed E-state index contributed by atoms with van der Waals surface area (Å²) in [4.78, 5) is 3.70. The number of halogens is 5. The SMILES string of the molecule is COc1cc(/C=N\Nc2ccc(C(F)(F)F)cn2)c(Br)cc1OCc1ccc(Cl)cc1. The van der Waals surface area contributed by atoms with Gasteiger partial charge in [-0.05, 0) is 57.9 Å². The van der Waals surface area contributed by atoms with E-state index in [1.165, 1.54) is 19.4 Å². The number of hydrogen-bond acceptors (Lipinski definition) is 5. The number of benzene rings is 2. The first-order valence-electron chi connectivity index (χ1n) is 8.83. The van der Waals surface area contributed by atoms with Crippen molar-refractivity contribution in [2.24, 2.45) is 5.10 Å². The largest absolute Gasteiger partial charge is 0.493 e. The molecular formula is C21H16BrClF3N3O2. The van der Waals surface area contributed by atoms with Crippen molar-refractivity contribution < 1.29 is 22.6 Å². The standard InChI is InChI=1S/C21H16BrClF3N3O2/c1-30-18-8-14(10-28-29-20-7-4-15(11-27-20)21(24,25)26)17(22)9-19(18)31-12-13-2-5-16(23)6-3-13/h2-11H,12H2,1H3,(H,27,29)/b28-10-. The molecule has 1 aromatic heterocycles. The molecule has 0 saturated heterocycles. The lowest BCUT2D eigenvalue weighted by atomic mass is 10.2. The van der Waals surface area contributed by atoms with E-state index in [9.17, 15) is 13.2 Å².